The number of Topliss-reactive ketones (excluding diaryl/α,β-unsaturated/α-hetero) is 1. The van der Waals surface area contributed by atoms with E-state index in [0.29, 0.717) is 5.75 Å². The molecule has 0 atom stereocenters. The van der Waals surface area contributed by atoms with Gasteiger partial charge in [-0.3, -0.25) is 4.79 Å². The van der Waals surface area contributed by atoms with E-state index in [0.717, 1.165) is 0 Å². The zero-order valence-corrected chi connectivity index (χ0v) is 7.96. The van der Waals surface area contributed by atoms with Gasteiger partial charge in [0.1, 0.15) is 5.75 Å². The molecule has 1 aromatic rings. The molecule has 0 unspecified atom stereocenters. The summed E-state index contributed by atoms with van der Waals surface area (Å²) in [6, 6.07) is 9.14. The van der Waals surface area contributed by atoms with Crippen molar-refractivity contribution >= 4 is 18.4 Å². The lowest BCUT2D eigenvalue weighted by Crippen LogP contribution is -2.10. The minimum atomic E-state index is -0.202. The fourth-order valence-corrected chi connectivity index (χ4v) is 0.813. The minimum Gasteiger partial charge on any atom is -0.485 e. The monoisotopic (exact) mass is 194 g/mol. The van der Waals surface area contributed by atoms with E-state index in [1.807, 2.05) is 18.2 Å². The zero-order chi connectivity index (χ0) is 9.68. The molecule has 0 aliphatic heterocycles. The number of thiol groups is 1. The maximum Gasteiger partial charge on any atom is 0.205 e. The van der Waals surface area contributed by atoms with Crippen LogP contribution in [0.2, 0.25) is 0 Å². The fourth-order valence-electron chi connectivity index (χ4n) is 0.749. The van der Waals surface area contributed by atoms with Gasteiger partial charge in [-0.2, -0.15) is 0 Å². The van der Waals surface area contributed by atoms with Crippen molar-refractivity contribution in [1.82, 2.24) is 0 Å². The topological polar surface area (TPSA) is 26.3 Å². The van der Waals surface area contributed by atoms with Crippen LogP contribution < -0.4 is 4.74 Å². The van der Waals surface area contributed by atoms with Crippen LogP contribution >= 0.6 is 12.6 Å². The van der Waals surface area contributed by atoms with Gasteiger partial charge in [0.15, 0.2) is 6.61 Å². The molecule has 0 saturated heterocycles. The van der Waals surface area contributed by atoms with Gasteiger partial charge in [0.2, 0.25) is 5.78 Å². The molecule has 0 aliphatic carbocycles. The number of carbonyl (C=O) groups excluding carboxylic acids is 1. The number of para-hydroxylation sites is 1. The van der Waals surface area contributed by atoms with Crippen LogP contribution in [0.15, 0.2) is 41.8 Å². The summed E-state index contributed by atoms with van der Waals surface area (Å²) < 4.78 is 5.17. The van der Waals surface area contributed by atoms with Crippen LogP contribution in [0.5, 0.6) is 5.75 Å². The number of hydrogen-bond acceptors (Lipinski definition) is 3. The van der Waals surface area contributed by atoms with Gasteiger partial charge in [-0.1, -0.05) is 24.8 Å². The first-order valence-corrected chi connectivity index (χ1v) is 4.24. The highest BCUT2D eigenvalue weighted by atomic mass is 32.1. The van der Waals surface area contributed by atoms with Crippen molar-refractivity contribution in [2.24, 2.45) is 0 Å². The highest BCUT2D eigenvalue weighted by Crippen LogP contribution is 2.09. The molecule has 1 rings (SSSR count). The summed E-state index contributed by atoms with van der Waals surface area (Å²) in [6.45, 7) is 3.39. The summed E-state index contributed by atoms with van der Waals surface area (Å²) in [4.78, 5) is 11.2. The Hall–Kier alpha value is -1.22. The van der Waals surface area contributed by atoms with Crippen LogP contribution in [0, 0.1) is 0 Å². The van der Waals surface area contributed by atoms with Crippen LogP contribution in [0.3, 0.4) is 0 Å². The number of rotatable bonds is 4. The number of hydrogen-bond donors (Lipinski definition) is 1. The van der Waals surface area contributed by atoms with E-state index < -0.39 is 0 Å². The summed E-state index contributed by atoms with van der Waals surface area (Å²) in [7, 11) is 0. The normalized spacial score (nSPS) is 9.31. The number of ether oxygens (including phenoxy) is 1. The van der Waals surface area contributed by atoms with Gasteiger partial charge in [-0.15, -0.1) is 12.6 Å². The maximum absolute atomic E-state index is 11.0. The minimum absolute atomic E-state index is 0.00759. The SMILES string of the molecule is C=C(S)C(=O)COc1ccccc1. The summed E-state index contributed by atoms with van der Waals surface area (Å²) in [5, 5.41) is 0. The Morgan fingerprint density at radius 1 is 1.38 bits per heavy atom. The Morgan fingerprint density at radius 3 is 2.54 bits per heavy atom. The van der Waals surface area contributed by atoms with Crippen LogP contribution in [0.4, 0.5) is 0 Å². The first-order valence-electron chi connectivity index (χ1n) is 3.79. The molecule has 0 heterocycles. The molecule has 0 aliphatic rings. The van der Waals surface area contributed by atoms with Crippen LogP contribution in [0.1, 0.15) is 0 Å². The van der Waals surface area contributed by atoms with Crippen molar-refractivity contribution < 1.29 is 9.53 Å². The van der Waals surface area contributed by atoms with Gasteiger partial charge in [-0.25, -0.2) is 0 Å². The third-order valence-electron chi connectivity index (χ3n) is 1.44. The molecule has 0 radical (unpaired) electrons. The molecular weight excluding hydrogens is 184 g/mol. The molecule has 3 heteroatoms. The lowest BCUT2D eigenvalue weighted by molar-refractivity contribution is -0.116. The zero-order valence-electron chi connectivity index (χ0n) is 7.06. The molecule has 0 saturated carbocycles. The quantitative estimate of drug-likeness (QED) is 0.586. The van der Waals surface area contributed by atoms with E-state index in [1.165, 1.54) is 0 Å². The number of benzene rings is 1. The number of ketones is 1. The molecule has 0 N–H and O–H groups in total. The first-order chi connectivity index (χ1) is 6.20. The fraction of sp³-hybridized carbons (Fsp3) is 0.100. The molecule has 0 aromatic heterocycles. The molecule has 0 spiro atoms. The summed E-state index contributed by atoms with van der Waals surface area (Å²) >= 11 is 3.82. The Bertz CT molecular complexity index is 306. The molecular formula is C10H10O2S. The van der Waals surface area contributed by atoms with E-state index in [4.69, 9.17) is 4.74 Å². The Morgan fingerprint density at radius 2 is 2.00 bits per heavy atom. The maximum atomic E-state index is 11.0. The van der Waals surface area contributed by atoms with Gasteiger partial charge in [0.25, 0.3) is 0 Å². The molecule has 0 bridgehead atoms. The highest BCUT2D eigenvalue weighted by Gasteiger charge is 2.03. The van der Waals surface area contributed by atoms with E-state index in [2.05, 4.69) is 19.2 Å². The summed E-state index contributed by atoms with van der Waals surface area (Å²) in [5.74, 6) is 0.470. The Labute approximate surface area is 82.6 Å². The van der Waals surface area contributed by atoms with E-state index >= 15 is 0 Å². The third-order valence-corrected chi connectivity index (χ3v) is 1.68. The molecule has 0 amide bonds. The molecule has 0 fully saturated rings. The van der Waals surface area contributed by atoms with Gasteiger partial charge in [0, 0.05) is 4.91 Å². The third kappa shape index (κ3) is 3.34. The summed E-state index contributed by atoms with van der Waals surface area (Å²) in [5.41, 5.74) is 0. The van der Waals surface area contributed by atoms with Crippen molar-refractivity contribution in [2.45, 2.75) is 0 Å². The number of carbonyl (C=O) groups is 1. The Balaban J connectivity index is 2.44. The van der Waals surface area contributed by atoms with Gasteiger partial charge in [0.05, 0.1) is 0 Å². The summed E-state index contributed by atoms with van der Waals surface area (Å²) in [6.07, 6.45) is 0. The van der Waals surface area contributed by atoms with Gasteiger partial charge in [-0.05, 0) is 12.1 Å². The van der Waals surface area contributed by atoms with Crippen molar-refractivity contribution in [3.8, 4) is 5.75 Å². The van der Waals surface area contributed by atoms with Crippen LogP contribution in [-0.4, -0.2) is 12.4 Å². The molecule has 68 valence electrons. The van der Waals surface area contributed by atoms with Crippen LogP contribution in [0.25, 0.3) is 0 Å². The van der Waals surface area contributed by atoms with Crippen molar-refractivity contribution in [3.63, 3.8) is 0 Å². The highest BCUT2D eigenvalue weighted by molar-refractivity contribution is 7.85. The van der Waals surface area contributed by atoms with Crippen LogP contribution in [-0.2, 0) is 4.79 Å². The molecule has 2 nitrogen and oxygen atoms in total. The van der Waals surface area contributed by atoms with E-state index in [9.17, 15) is 4.79 Å². The lowest BCUT2D eigenvalue weighted by Gasteiger charge is -2.03. The smallest absolute Gasteiger partial charge is 0.205 e. The predicted molar refractivity (Wildman–Crippen MR) is 55.1 cm³/mol. The van der Waals surface area contributed by atoms with E-state index in [1.54, 1.807) is 12.1 Å². The van der Waals surface area contributed by atoms with Gasteiger partial charge < -0.3 is 4.74 Å². The molecule has 1 aromatic carbocycles. The largest absolute Gasteiger partial charge is 0.485 e. The predicted octanol–water partition coefficient (Wildman–Crippen LogP) is 2.08. The average Bonchev–Trinajstić information content (AvgIpc) is 2.15. The second-order valence-electron chi connectivity index (χ2n) is 2.47. The Kier molecular flexibility index (Phi) is 3.58. The van der Waals surface area contributed by atoms with Gasteiger partial charge >= 0.3 is 0 Å². The molecule has 13 heavy (non-hydrogen) atoms. The lowest BCUT2D eigenvalue weighted by atomic mass is 10.3. The standard InChI is InChI=1S/C10H10O2S/c1-8(13)10(11)7-12-9-5-3-2-4-6-9/h2-6,13H,1,7H2. The van der Waals surface area contributed by atoms with Crippen molar-refractivity contribution in [1.29, 1.82) is 0 Å². The first kappa shape index (κ1) is 9.86. The van der Waals surface area contributed by atoms with Crippen molar-refractivity contribution in [2.75, 3.05) is 6.61 Å². The van der Waals surface area contributed by atoms with E-state index in [-0.39, 0.29) is 17.3 Å². The van der Waals surface area contributed by atoms with Crippen molar-refractivity contribution in [3.05, 3.63) is 41.8 Å². The second-order valence-corrected chi connectivity index (χ2v) is 3.01. The second kappa shape index (κ2) is 4.72. The average molecular weight is 194 g/mol.